The highest BCUT2D eigenvalue weighted by molar-refractivity contribution is 5.35. The molecule has 1 aromatic rings. The van der Waals surface area contributed by atoms with Crippen molar-refractivity contribution in [2.75, 3.05) is 24.6 Å². The maximum atomic E-state index is 5.92. The van der Waals surface area contributed by atoms with Crippen molar-refractivity contribution in [1.29, 1.82) is 0 Å². The lowest BCUT2D eigenvalue weighted by Gasteiger charge is -2.34. The largest absolute Gasteiger partial charge is 0.475 e. The van der Waals surface area contributed by atoms with E-state index in [9.17, 15) is 0 Å². The van der Waals surface area contributed by atoms with Crippen LogP contribution in [0.1, 0.15) is 26.5 Å². The van der Waals surface area contributed by atoms with Gasteiger partial charge in [-0.3, -0.25) is 0 Å². The van der Waals surface area contributed by atoms with Crippen LogP contribution in [-0.4, -0.2) is 47.9 Å². The van der Waals surface area contributed by atoms with Crippen molar-refractivity contribution in [2.45, 2.75) is 45.9 Å². The van der Waals surface area contributed by atoms with Gasteiger partial charge in [0.25, 0.3) is 0 Å². The van der Waals surface area contributed by atoms with Gasteiger partial charge in [0.1, 0.15) is 0 Å². The molecule has 1 saturated heterocycles. The summed E-state index contributed by atoms with van der Waals surface area (Å²) in [4.78, 5) is 11.1. The molecule has 0 aromatic carbocycles. The normalized spacial score (nSPS) is 21.1. The van der Waals surface area contributed by atoms with E-state index in [0.717, 1.165) is 12.2 Å². The molecule has 1 aliphatic rings. The van der Waals surface area contributed by atoms with E-state index in [1.807, 2.05) is 33.8 Å². The second-order valence-electron chi connectivity index (χ2n) is 5.53. The van der Waals surface area contributed by atoms with Crippen LogP contribution >= 0.6 is 0 Å². The maximum absolute atomic E-state index is 5.92. The molecule has 0 saturated carbocycles. The number of hydrogen-bond donors (Lipinski definition) is 1. The highest BCUT2D eigenvalue weighted by atomic mass is 16.5. The summed E-state index contributed by atoms with van der Waals surface area (Å²) >= 11 is 0. The van der Waals surface area contributed by atoms with Crippen LogP contribution in [0.5, 0.6) is 5.88 Å². The van der Waals surface area contributed by atoms with Crippen LogP contribution in [-0.2, 0) is 4.74 Å². The van der Waals surface area contributed by atoms with E-state index in [1.54, 1.807) is 0 Å². The Kier molecular flexibility index (Phi) is 4.77. The van der Waals surface area contributed by atoms with E-state index in [1.165, 1.54) is 0 Å². The van der Waals surface area contributed by atoms with E-state index in [2.05, 4.69) is 14.9 Å². The summed E-state index contributed by atoms with van der Waals surface area (Å²) in [6.45, 7) is 10.00. The summed E-state index contributed by atoms with van der Waals surface area (Å²) in [5.41, 5.74) is 6.81. The van der Waals surface area contributed by atoms with E-state index in [-0.39, 0.29) is 18.2 Å². The number of nitrogens with two attached hydrogens (primary N) is 1. The Labute approximate surface area is 120 Å². The van der Waals surface area contributed by atoms with Crippen molar-refractivity contribution in [1.82, 2.24) is 9.97 Å². The van der Waals surface area contributed by atoms with Gasteiger partial charge in [-0.2, -0.15) is 4.98 Å². The third kappa shape index (κ3) is 3.80. The molecule has 112 valence electrons. The zero-order valence-electron chi connectivity index (χ0n) is 12.7. The van der Waals surface area contributed by atoms with Crippen LogP contribution in [0.2, 0.25) is 0 Å². The molecule has 6 heteroatoms. The Hall–Kier alpha value is -1.40. The van der Waals surface area contributed by atoms with Crippen LogP contribution in [0.3, 0.4) is 0 Å². The number of rotatable bonds is 4. The fraction of sp³-hybridized carbons (Fsp3) is 0.714. The first kappa shape index (κ1) is 15.0. The SMILES string of the molecule is Cc1cc(OC(C)C)nc(N2CCOC(C(C)N)C2)n1. The molecule has 0 spiro atoms. The van der Waals surface area contributed by atoms with Gasteiger partial charge in [-0.05, 0) is 27.7 Å². The van der Waals surface area contributed by atoms with Gasteiger partial charge >= 0.3 is 0 Å². The van der Waals surface area contributed by atoms with Gasteiger partial charge < -0.3 is 20.1 Å². The van der Waals surface area contributed by atoms with Crippen LogP contribution in [0.4, 0.5) is 5.95 Å². The number of morpholine rings is 1. The number of aryl methyl sites for hydroxylation is 1. The van der Waals surface area contributed by atoms with Crippen molar-refractivity contribution in [3.05, 3.63) is 11.8 Å². The Morgan fingerprint density at radius 1 is 1.40 bits per heavy atom. The first-order valence-electron chi connectivity index (χ1n) is 7.10. The monoisotopic (exact) mass is 280 g/mol. The molecule has 1 fully saturated rings. The molecule has 2 heterocycles. The number of aromatic nitrogens is 2. The summed E-state index contributed by atoms with van der Waals surface area (Å²) in [7, 11) is 0. The van der Waals surface area contributed by atoms with E-state index in [0.29, 0.717) is 25.0 Å². The van der Waals surface area contributed by atoms with Gasteiger partial charge in [0.05, 0.1) is 18.8 Å². The van der Waals surface area contributed by atoms with Gasteiger partial charge in [0.2, 0.25) is 11.8 Å². The second kappa shape index (κ2) is 6.37. The predicted molar refractivity (Wildman–Crippen MR) is 78.1 cm³/mol. The van der Waals surface area contributed by atoms with Gasteiger partial charge in [-0.25, -0.2) is 4.98 Å². The van der Waals surface area contributed by atoms with E-state index < -0.39 is 0 Å². The minimum atomic E-state index is -0.00556. The Bertz CT molecular complexity index is 451. The summed E-state index contributed by atoms with van der Waals surface area (Å²) in [6, 6.07) is 1.85. The molecule has 0 radical (unpaired) electrons. The molecule has 2 unspecified atom stereocenters. The number of nitrogens with zero attached hydrogens (tertiary/aromatic N) is 3. The van der Waals surface area contributed by atoms with Gasteiger partial charge in [-0.15, -0.1) is 0 Å². The highest BCUT2D eigenvalue weighted by Gasteiger charge is 2.25. The zero-order valence-corrected chi connectivity index (χ0v) is 12.7. The number of anilines is 1. The molecule has 2 atom stereocenters. The molecule has 1 aromatic heterocycles. The summed E-state index contributed by atoms with van der Waals surface area (Å²) in [5.74, 6) is 1.31. The second-order valence-corrected chi connectivity index (χ2v) is 5.53. The number of ether oxygens (including phenoxy) is 2. The molecular weight excluding hydrogens is 256 g/mol. The average Bonchev–Trinajstić information content (AvgIpc) is 2.37. The van der Waals surface area contributed by atoms with Crippen molar-refractivity contribution < 1.29 is 9.47 Å². The lowest BCUT2D eigenvalue weighted by Crippen LogP contribution is -2.50. The van der Waals surface area contributed by atoms with Crippen molar-refractivity contribution in [2.24, 2.45) is 5.73 Å². The summed E-state index contributed by atoms with van der Waals surface area (Å²) in [5, 5.41) is 0. The fourth-order valence-electron chi connectivity index (χ4n) is 2.14. The van der Waals surface area contributed by atoms with Crippen molar-refractivity contribution in [3.8, 4) is 5.88 Å². The minimum Gasteiger partial charge on any atom is -0.475 e. The van der Waals surface area contributed by atoms with Crippen LogP contribution in [0.15, 0.2) is 6.07 Å². The Morgan fingerprint density at radius 2 is 2.15 bits per heavy atom. The number of hydrogen-bond acceptors (Lipinski definition) is 6. The lowest BCUT2D eigenvalue weighted by atomic mass is 10.1. The molecule has 2 rings (SSSR count). The third-order valence-corrected chi connectivity index (χ3v) is 3.14. The van der Waals surface area contributed by atoms with Gasteiger partial charge in [0.15, 0.2) is 0 Å². The van der Waals surface area contributed by atoms with Crippen LogP contribution in [0, 0.1) is 6.92 Å². The fourth-order valence-corrected chi connectivity index (χ4v) is 2.14. The molecule has 0 bridgehead atoms. The first-order valence-corrected chi connectivity index (χ1v) is 7.10. The van der Waals surface area contributed by atoms with E-state index >= 15 is 0 Å². The van der Waals surface area contributed by atoms with E-state index in [4.69, 9.17) is 15.2 Å². The molecular formula is C14H24N4O2. The highest BCUT2D eigenvalue weighted by Crippen LogP contribution is 2.19. The minimum absolute atomic E-state index is 0.00556. The molecule has 2 N–H and O–H groups in total. The summed E-state index contributed by atoms with van der Waals surface area (Å²) < 4.78 is 11.3. The van der Waals surface area contributed by atoms with Crippen LogP contribution in [0.25, 0.3) is 0 Å². The lowest BCUT2D eigenvalue weighted by molar-refractivity contribution is 0.0270. The molecule has 6 nitrogen and oxygen atoms in total. The summed E-state index contributed by atoms with van der Waals surface area (Å²) in [6.07, 6.45) is 0.112. The quantitative estimate of drug-likeness (QED) is 0.891. The Morgan fingerprint density at radius 3 is 2.80 bits per heavy atom. The topological polar surface area (TPSA) is 73.5 Å². The standard InChI is InChI=1S/C14H24N4O2/c1-9(2)20-13-7-10(3)16-14(17-13)18-5-6-19-12(8-18)11(4)15/h7,9,11-12H,5-6,8,15H2,1-4H3. The average molecular weight is 280 g/mol. The maximum Gasteiger partial charge on any atom is 0.229 e. The van der Waals surface area contributed by atoms with Crippen LogP contribution < -0.4 is 15.4 Å². The van der Waals surface area contributed by atoms with Crippen molar-refractivity contribution >= 4 is 5.95 Å². The molecule has 1 aliphatic heterocycles. The molecule has 0 amide bonds. The van der Waals surface area contributed by atoms with Gasteiger partial charge in [0, 0.05) is 30.9 Å². The molecule has 0 aliphatic carbocycles. The van der Waals surface area contributed by atoms with Gasteiger partial charge in [-0.1, -0.05) is 0 Å². The predicted octanol–water partition coefficient (Wildman–Crippen LogP) is 1.12. The third-order valence-electron chi connectivity index (χ3n) is 3.14. The molecule has 20 heavy (non-hydrogen) atoms. The zero-order chi connectivity index (χ0) is 14.7. The first-order chi connectivity index (χ1) is 9.45. The van der Waals surface area contributed by atoms with Crippen molar-refractivity contribution in [3.63, 3.8) is 0 Å². The Balaban J connectivity index is 2.16. The smallest absolute Gasteiger partial charge is 0.229 e.